The van der Waals surface area contributed by atoms with E-state index < -0.39 is 0 Å². The minimum Gasteiger partial charge on any atom is -0.495 e. The van der Waals surface area contributed by atoms with Crippen molar-refractivity contribution in [3.8, 4) is 5.75 Å². The fourth-order valence-corrected chi connectivity index (χ4v) is 3.26. The number of nitrogens with zero attached hydrogens (tertiary/aromatic N) is 4. The molecule has 1 fully saturated rings. The van der Waals surface area contributed by atoms with Gasteiger partial charge >= 0.3 is 0 Å². The number of hydrogen-bond acceptors (Lipinski definition) is 6. The predicted octanol–water partition coefficient (Wildman–Crippen LogP) is 2.82. The molecule has 7 heteroatoms. The third-order valence-electron chi connectivity index (χ3n) is 4.73. The average molecular weight is 383 g/mol. The third-order valence-corrected chi connectivity index (χ3v) is 4.73. The number of aryl methyl sites for hydroxylation is 1. The van der Waals surface area contributed by atoms with Gasteiger partial charge in [-0.2, -0.15) is 0 Å². The average Bonchev–Trinajstić information content (AvgIpc) is 2.71. The van der Waals surface area contributed by atoms with E-state index in [4.69, 9.17) is 4.74 Å². The van der Waals surface area contributed by atoms with Crippen molar-refractivity contribution in [2.24, 2.45) is 5.92 Å². The Morgan fingerprint density at radius 2 is 1.89 bits per heavy atom. The first-order chi connectivity index (χ1) is 13.5. The summed E-state index contributed by atoms with van der Waals surface area (Å²) in [6.45, 7) is 9.71. The fraction of sp³-hybridized carbons (Fsp3) is 0.476. The minimum absolute atomic E-state index is 0.0437. The highest BCUT2D eigenvalue weighted by Gasteiger charge is 2.25. The zero-order chi connectivity index (χ0) is 20.1. The van der Waals surface area contributed by atoms with Crippen LogP contribution in [0.5, 0.6) is 5.75 Å². The maximum atomic E-state index is 13.0. The number of para-hydroxylation sites is 2. The molecule has 0 atom stereocenters. The Morgan fingerprint density at radius 3 is 2.57 bits per heavy atom. The van der Waals surface area contributed by atoms with Crippen LogP contribution >= 0.6 is 0 Å². The molecular weight excluding hydrogens is 354 g/mol. The van der Waals surface area contributed by atoms with Gasteiger partial charge < -0.3 is 19.9 Å². The van der Waals surface area contributed by atoms with Gasteiger partial charge in [-0.05, 0) is 31.0 Å². The maximum absolute atomic E-state index is 13.0. The molecular formula is C21H29N5O2. The van der Waals surface area contributed by atoms with Crippen LogP contribution < -0.4 is 15.0 Å². The molecule has 1 N–H and O–H groups in total. The largest absolute Gasteiger partial charge is 0.495 e. The first kappa shape index (κ1) is 19.9. The van der Waals surface area contributed by atoms with E-state index in [2.05, 4.69) is 40.1 Å². The van der Waals surface area contributed by atoms with Crippen molar-refractivity contribution >= 4 is 17.5 Å². The number of nitrogens with one attached hydrogen (secondary N) is 1. The van der Waals surface area contributed by atoms with Gasteiger partial charge in [-0.3, -0.25) is 4.79 Å². The van der Waals surface area contributed by atoms with Crippen molar-refractivity contribution in [2.75, 3.05) is 50.1 Å². The first-order valence-corrected chi connectivity index (χ1v) is 9.74. The second kappa shape index (κ2) is 8.91. The molecule has 0 unspecified atom stereocenters. The summed E-state index contributed by atoms with van der Waals surface area (Å²) in [5.41, 5.74) is 2.30. The van der Waals surface area contributed by atoms with Crippen LogP contribution in [0.3, 0.4) is 0 Å². The van der Waals surface area contributed by atoms with Gasteiger partial charge in [0.1, 0.15) is 11.4 Å². The molecule has 0 spiro atoms. The summed E-state index contributed by atoms with van der Waals surface area (Å²) in [5.74, 6) is 1.81. The number of aromatic nitrogens is 2. The van der Waals surface area contributed by atoms with Crippen LogP contribution in [0.4, 0.5) is 11.6 Å². The summed E-state index contributed by atoms with van der Waals surface area (Å²) in [6.07, 6.45) is 0. The van der Waals surface area contributed by atoms with Crippen molar-refractivity contribution in [1.29, 1.82) is 0 Å². The fourth-order valence-electron chi connectivity index (χ4n) is 3.26. The van der Waals surface area contributed by atoms with Gasteiger partial charge in [0.05, 0.1) is 12.8 Å². The monoisotopic (exact) mass is 383 g/mol. The first-order valence-electron chi connectivity index (χ1n) is 9.74. The summed E-state index contributed by atoms with van der Waals surface area (Å²) in [6, 6.07) is 9.74. The molecule has 7 nitrogen and oxygen atoms in total. The number of hydrogen-bond donors (Lipinski definition) is 1. The van der Waals surface area contributed by atoms with Gasteiger partial charge in [0.25, 0.3) is 5.91 Å². The Labute approximate surface area is 166 Å². The number of carbonyl (C=O) groups excluding carboxylic acids is 1. The summed E-state index contributed by atoms with van der Waals surface area (Å²) >= 11 is 0. The lowest BCUT2D eigenvalue weighted by Gasteiger charge is -2.36. The molecule has 2 aromatic rings. The number of carbonyl (C=O) groups is 1. The predicted molar refractivity (Wildman–Crippen MR) is 111 cm³/mol. The van der Waals surface area contributed by atoms with Crippen LogP contribution in [0, 0.1) is 12.8 Å². The van der Waals surface area contributed by atoms with Crippen molar-refractivity contribution in [1.82, 2.24) is 14.9 Å². The summed E-state index contributed by atoms with van der Waals surface area (Å²) in [4.78, 5) is 25.9. The lowest BCUT2D eigenvalue weighted by molar-refractivity contribution is 0.0740. The van der Waals surface area contributed by atoms with Gasteiger partial charge in [-0.1, -0.05) is 26.0 Å². The number of piperazine rings is 1. The van der Waals surface area contributed by atoms with Gasteiger partial charge in [0.15, 0.2) is 0 Å². The summed E-state index contributed by atoms with van der Waals surface area (Å²) in [5, 5.41) is 3.21. The Morgan fingerprint density at radius 1 is 1.18 bits per heavy atom. The highest BCUT2D eigenvalue weighted by Crippen LogP contribution is 2.28. The number of ether oxygens (including phenoxy) is 1. The van der Waals surface area contributed by atoms with Crippen LogP contribution in [-0.4, -0.2) is 60.6 Å². The van der Waals surface area contributed by atoms with Gasteiger partial charge in [-0.15, -0.1) is 0 Å². The maximum Gasteiger partial charge on any atom is 0.272 e. The Bertz CT molecular complexity index is 816. The second-order valence-electron chi connectivity index (χ2n) is 7.44. The van der Waals surface area contributed by atoms with Crippen LogP contribution in [-0.2, 0) is 0 Å². The van der Waals surface area contributed by atoms with Crippen molar-refractivity contribution in [3.63, 3.8) is 0 Å². The number of anilines is 2. The van der Waals surface area contributed by atoms with Gasteiger partial charge in [0.2, 0.25) is 5.95 Å². The molecule has 0 radical (unpaired) electrons. The number of rotatable bonds is 6. The molecule has 3 rings (SSSR count). The van der Waals surface area contributed by atoms with Crippen molar-refractivity contribution in [3.05, 3.63) is 41.7 Å². The quantitative estimate of drug-likeness (QED) is 0.827. The van der Waals surface area contributed by atoms with E-state index in [1.807, 2.05) is 30.0 Å². The van der Waals surface area contributed by atoms with Crippen molar-refractivity contribution < 1.29 is 9.53 Å². The van der Waals surface area contributed by atoms with Gasteiger partial charge in [0, 0.05) is 38.4 Å². The van der Waals surface area contributed by atoms with Crippen LogP contribution in [0.15, 0.2) is 30.3 Å². The second-order valence-corrected chi connectivity index (χ2v) is 7.44. The molecule has 2 heterocycles. The number of amides is 1. The Kier molecular flexibility index (Phi) is 6.34. The molecule has 28 heavy (non-hydrogen) atoms. The topological polar surface area (TPSA) is 70.6 Å². The Hall–Kier alpha value is -2.83. The zero-order valence-corrected chi connectivity index (χ0v) is 17.1. The normalized spacial score (nSPS) is 14.3. The standard InChI is InChI=1S/C21H29N5O2/c1-15(2)14-22-21-23-16(3)13-17(24-21)20(27)26-11-9-25(10-12-26)18-7-5-6-8-19(18)28-4/h5-8,13,15H,9-12,14H2,1-4H3,(H,22,23,24). The van der Waals surface area contributed by atoms with Gasteiger partial charge in [-0.25, -0.2) is 9.97 Å². The van der Waals surface area contributed by atoms with Crippen molar-refractivity contribution in [2.45, 2.75) is 20.8 Å². The summed E-state index contributed by atoms with van der Waals surface area (Å²) in [7, 11) is 1.68. The molecule has 0 aliphatic carbocycles. The molecule has 150 valence electrons. The highest BCUT2D eigenvalue weighted by atomic mass is 16.5. The van der Waals surface area contributed by atoms with E-state index in [-0.39, 0.29) is 5.91 Å². The number of benzene rings is 1. The van der Waals surface area contributed by atoms with E-state index in [0.717, 1.165) is 36.8 Å². The molecule has 1 aliphatic rings. The van der Waals surface area contributed by atoms with Crippen LogP contribution in [0.1, 0.15) is 30.0 Å². The number of methoxy groups -OCH3 is 1. The Balaban J connectivity index is 1.66. The molecule has 1 amide bonds. The third kappa shape index (κ3) is 4.71. The van der Waals surface area contributed by atoms with E-state index in [0.29, 0.717) is 30.6 Å². The molecule has 1 aliphatic heterocycles. The van der Waals surface area contributed by atoms with E-state index in [9.17, 15) is 4.79 Å². The smallest absolute Gasteiger partial charge is 0.272 e. The lowest BCUT2D eigenvalue weighted by Crippen LogP contribution is -2.49. The lowest BCUT2D eigenvalue weighted by atomic mass is 10.2. The van der Waals surface area contributed by atoms with E-state index in [1.165, 1.54) is 0 Å². The minimum atomic E-state index is -0.0437. The summed E-state index contributed by atoms with van der Waals surface area (Å²) < 4.78 is 5.46. The highest BCUT2D eigenvalue weighted by molar-refractivity contribution is 5.93. The molecule has 1 aromatic heterocycles. The van der Waals surface area contributed by atoms with Crippen LogP contribution in [0.2, 0.25) is 0 Å². The molecule has 1 aromatic carbocycles. The van der Waals surface area contributed by atoms with E-state index in [1.54, 1.807) is 13.2 Å². The van der Waals surface area contributed by atoms with E-state index >= 15 is 0 Å². The molecule has 1 saturated heterocycles. The van der Waals surface area contributed by atoms with Crippen LogP contribution in [0.25, 0.3) is 0 Å². The SMILES string of the molecule is COc1ccccc1N1CCN(C(=O)c2cc(C)nc(NCC(C)C)n2)CC1. The molecule has 0 saturated carbocycles. The zero-order valence-electron chi connectivity index (χ0n) is 17.1. The molecule has 0 bridgehead atoms.